The molecular weight excluding hydrogens is 301 g/mol. The molecule has 0 radical (unpaired) electrons. The van der Waals surface area contributed by atoms with Gasteiger partial charge in [0.1, 0.15) is 11.6 Å². The molecule has 0 saturated heterocycles. The van der Waals surface area contributed by atoms with E-state index in [1.165, 1.54) is 12.1 Å². The summed E-state index contributed by atoms with van der Waals surface area (Å²) < 4.78 is 13.4. The molecular formula is C21H20FNO. The smallest absolute Gasteiger partial charge is 0.126 e. The van der Waals surface area contributed by atoms with Gasteiger partial charge >= 0.3 is 0 Å². The molecule has 0 bridgehead atoms. The summed E-state index contributed by atoms with van der Waals surface area (Å²) in [4.78, 5) is 2.04. The van der Waals surface area contributed by atoms with Crippen molar-refractivity contribution >= 4 is 5.69 Å². The lowest BCUT2D eigenvalue weighted by molar-refractivity contribution is 0.461. The van der Waals surface area contributed by atoms with Crippen LogP contribution >= 0.6 is 0 Å². The molecule has 0 amide bonds. The second-order valence-electron chi connectivity index (χ2n) is 6.03. The average molecular weight is 321 g/mol. The van der Waals surface area contributed by atoms with Crippen molar-refractivity contribution < 1.29 is 9.50 Å². The van der Waals surface area contributed by atoms with E-state index in [9.17, 15) is 9.50 Å². The highest BCUT2D eigenvalue weighted by Gasteiger charge is 2.20. The van der Waals surface area contributed by atoms with E-state index in [1.807, 2.05) is 61.5 Å². The fourth-order valence-electron chi connectivity index (χ4n) is 2.92. The number of aromatic hydroxyl groups is 1. The monoisotopic (exact) mass is 321 g/mol. The molecule has 1 atom stereocenters. The standard InChI is InChI=1S/C21H20FNO/c1-23(2)18-11-8-16(9-12-18)21(15-6-4-3-5-7-15)19-13-10-17(22)14-20(19)24/h3-14,21,24H,1-2H3. The minimum atomic E-state index is -0.439. The Morgan fingerprint density at radius 1 is 0.833 bits per heavy atom. The highest BCUT2D eigenvalue weighted by molar-refractivity contribution is 5.52. The first-order valence-electron chi connectivity index (χ1n) is 7.87. The van der Waals surface area contributed by atoms with E-state index in [0.717, 1.165) is 16.8 Å². The molecule has 24 heavy (non-hydrogen) atoms. The molecule has 0 aliphatic carbocycles. The van der Waals surface area contributed by atoms with Gasteiger partial charge in [-0.2, -0.15) is 0 Å². The second-order valence-corrected chi connectivity index (χ2v) is 6.03. The van der Waals surface area contributed by atoms with Gasteiger partial charge < -0.3 is 10.0 Å². The zero-order chi connectivity index (χ0) is 17.1. The molecule has 2 nitrogen and oxygen atoms in total. The summed E-state index contributed by atoms with van der Waals surface area (Å²) in [6.45, 7) is 0. The number of hydrogen-bond donors (Lipinski definition) is 1. The molecule has 0 saturated carbocycles. The molecule has 0 aliphatic rings. The van der Waals surface area contributed by atoms with E-state index in [0.29, 0.717) is 5.56 Å². The predicted molar refractivity (Wildman–Crippen MR) is 96.2 cm³/mol. The lowest BCUT2D eigenvalue weighted by Crippen LogP contribution is -2.09. The van der Waals surface area contributed by atoms with Crippen molar-refractivity contribution in [1.82, 2.24) is 0 Å². The zero-order valence-electron chi connectivity index (χ0n) is 13.8. The molecule has 3 heteroatoms. The summed E-state index contributed by atoms with van der Waals surface area (Å²) in [5, 5.41) is 10.3. The van der Waals surface area contributed by atoms with Crippen LogP contribution in [0, 0.1) is 5.82 Å². The second kappa shape index (κ2) is 6.75. The van der Waals surface area contributed by atoms with E-state index in [4.69, 9.17) is 0 Å². The van der Waals surface area contributed by atoms with Crippen molar-refractivity contribution in [3.63, 3.8) is 0 Å². The Morgan fingerprint density at radius 2 is 1.46 bits per heavy atom. The van der Waals surface area contributed by atoms with E-state index >= 15 is 0 Å². The Bertz CT molecular complexity index is 813. The molecule has 3 rings (SSSR count). The summed E-state index contributed by atoms with van der Waals surface area (Å²) in [5.41, 5.74) is 3.90. The van der Waals surface area contributed by atoms with Gasteiger partial charge in [-0.05, 0) is 29.3 Å². The predicted octanol–water partition coefficient (Wildman–Crippen LogP) is 4.78. The number of anilines is 1. The maximum absolute atomic E-state index is 13.4. The van der Waals surface area contributed by atoms with Gasteiger partial charge in [-0.1, -0.05) is 48.5 Å². The van der Waals surface area contributed by atoms with Crippen molar-refractivity contribution in [2.75, 3.05) is 19.0 Å². The van der Waals surface area contributed by atoms with Crippen molar-refractivity contribution in [3.8, 4) is 5.75 Å². The highest BCUT2D eigenvalue weighted by Crippen LogP contribution is 2.37. The summed E-state index contributed by atoms with van der Waals surface area (Å²) in [5.74, 6) is -0.616. The van der Waals surface area contributed by atoms with E-state index < -0.39 is 5.82 Å². The molecule has 3 aromatic rings. The van der Waals surface area contributed by atoms with Gasteiger partial charge in [-0.15, -0.1) is 0 Å². The van der Waals surface area contributed by atoms with Gasteiger partial charge in [0.2, 0.25) is 0 Å². The molecule has 0 aliphatic heterocycles. The van der Waals surface area contributed by atoms with Crippen LogP contribution in [0.3, 0.4) is 0 Å². The van der Waals surface area contributed by atoms with E-state index in [1.54, 1.807) is 6.07 Å². The van der Waals surface area contributed by atoms with Crippen LogP contribution in [0.15, 0.2) is 72.8 Å². The fraction of sp³-hybridized carbons (Fsp3) is 0.143. The maximum atomic E-state index is 13.4. The third kappa shape index (κ3) is 3.25. The fourth-order valence-corrected chi connectivity index (χ4v) is 2.92. The number of nitrogens with zero attached hydrogens (tertiary/aromatic N) is 1. The Labute approximate surface area is 141 Å². The van der Waals surface area contributed by atoms with Crippen LogP contribution in [0.5, 0.6) is 5.75 Å². The largest absolute Gasteiger partial charge is 0.508 e. The Hall–Kier alpha value is -2.81. The number of benzene rings is 3. The zero-order valence-corrected chi connectivity index (χ0v) is 13.8. The molecule has 0 heterocycles. The number of phenolic OH excluding ortho intramolecular Hbond substituents is 1. The third-order valence-corrected chi connectivity index (χ3v) is 4.18. The topological polar surface area (TPSA) is 23.5 Å². The summed E-state index contributed by atoms with van der Waals surface area (Å²) >= 11 is 0. The van der Waals surface area contributed by atoms with Crippen molar-refractivity contribution in [2.45, 2.75) is 5.92 Å². The minimum absolute atomic E-state index is 0.0273. The number of phenols is 1. The molecule has 0 fully saturated rings. The molecule has 3 aromatic carbocycles. The summed E-state index contributed by atoms with van der Waals surface area (Å²) in [7, 11) is 3.99. The first kappa shape index (κ1) is 16.1. The van der Waals surface area contributed by atoms with Crippen molar-refractivity contribution in [1.29, 1.82) is 0 Å². The van der Waals surface area contributed by atoms with Crippen molar-refractivity contribution in [3.05, 3.63) is 95.3 Å². The summed E-state index contributed by atoms with van der Waals surface area (Å²) in [6.07, 6.45) is 0. The molecule has 0 spiro atoms. The summed E-state index contributed by atoms with van der Waals surface area (Å²) in [6, 6.07) is 22.3. The minimum Gasteiger partial charge on any atom is -0.508 e. The van der Waals surface area contributed by atoms with Crippen molar-refractivity contribution in [2.24, 2.45) is 0 Å². The van der Waals surface area contributed by atoms with E-state index in [2.05, 4.69) is 12.1 Å². The van der Waals surface area contributed by atoms with Crippen LogP contribution in [0.25, 0.3) is 0 Å². The van der Waals surface area contributed by atoms with Gasteiger partial charge in [0, 0.05) is 37.3 Å². The maximum Gasteiger partial charge on any atom is 0.126 e. The van der Waals surface area contributed by atoms with Crippen LogP contribution in [-0.4, -0.2) is 19.2 Å². The van der Waals surface area contributed by atoms with Gasteiger partial charge in [0.25, 0.3) is 0 Å². The number of halogens is 1. The number of rotatable bonds is 4. The van der Waals surface area contributed by atoms with Gasteiger partial charge in [-0.3, -0.25) is 0 Å². The number of hydrogen-bond acceptors (Lipinski definition) is 2. The molecule has 122 valence electrons. The first-order chi connectivity index (χ1) is 11.6. The van der Waals surface area contributed by atoms with Gasteiger partial charge in [-0.25, -0.2) is 4.39 Å². The quantitative estimate of drug-likeness (QED) is 0.699. The third-order valence-electron chi connectivity index (χ3n) is 4.18. The average Bonchev–Trinajstić information content (AvgIpc) is 2.58. The molecule has 1 N–H and O–H groups in total. The van der Waals surface area contributed by atoms with Crippen LogP contribution in [0.1, 0.15) is 22.6 Å². The first-order valence-corrected chi connectivity index (χ1v) is 7.87. The lowest BCUT2D eigenvalue weighted by Gasteiger charge is -2.21. The molecule has 1 unspecified atom stereocenters. The SMILES string of the molecule is CN(C)c1ccc(C(c2ccccc2)c2ccc(F)cc2O)cc1. The van der Waals surface area contributed by atoms with Gasteiger partial charge in [0.05, 0.1) is 0 Å². The highest BCUT2D eigenvalue weighted by atomic mass is 19.1. The van der Waals surface area contributed by atoms with Crippen LogP contribution < -0.4 is 4.90 Å². The van der Waals surface area contributed by atoms with Gasteiger partial charge in [0.15, 0.2) is 0 Å². The van der Waals surface area contributed by atoms with Crippen LogP contribution in [0.4, 0.5) is 10.1 Å². The lowest BCUT2D eigenvalue weighted by atomic mass is 9.84. The Balaban J connectivity index is 2.12. The molecule has 0 aromatic heterocycles. The van der Waals surface area contributed by atoms with Crippen LogP contribution in [-0.2, 0) is 0 Å². The van der Waals surface area contributed by atoms with Crippen LogP contribution in [0.2, 0.25) is 0 Å². The van der Waals surface area contributed by atoms with E-state index in [-0.39, 0.29) is 11.7 Å². The Morgan fingerprint density at radius 3 is 2.04 bits per heavy atom. The Kier molecular flexibility index (Phi) is 4.52. The normalized spacial score (nSPS) is 12.0.